The summed E-state index contributed by atoms with van der Waals surface area (Å²) in [7, 11) is 0. The number of carbonyl (C=O) groups excluding carboxylic acids is 1. The SMILES string of the molecule is NC(=O)C=Cc1cnc(N)c([N+](=O)[O-])c1. The zero-order valence-corrected chi connectivity index (χ0v) is 7.58. The van der Waals surface area contributed by atoms with Gasteiger partial charge in [-0.05, 0) is 11.6 Å². The second-order valence-electron chi connectivity index (χ2n) is 2.67. The Morgan fingerprint density at radius 2 is 2.27 bits per heavy atom. The van der Waals surface area contributed by atoms with Gasteiger partial charge in [-0.2, -0.15) is 0 Å². The van der Waals surface area contributed by atoms with E-state index in [1.807, 2.05) is 0 Å². The van der Waals surface area contributed by atoms with E-state index in [9.17, 15) is 14.9 Å². The van der Waals surface area contributed by atoms with Crippen LogP contribution in [0.15, 0.2) is 18.3 Å². The molecule has 7 heteroatoms. The lowest BCUT2D eigenvalue weighted by atomic mass is 10.2. The summed E-state index contributed by atoms with van der Waals surface area (Å²) in [5.41, 5.74) is 10.2. The van der Waals surface area contributed by atoms with Gasteiger partial charge >= 0.3 is 5.69 Å². The Labute approximate surface area is 84.6 Å². The van der Waals surface area contributed by atoms with E-state index >= 15 is 0 Å². The average molecular weight is 208 g/mol. The maximum atomic E-state index is 10.5. The topological polar surface area (TPSA) is 125 Å². The molecule has 78 valence electrons. The summed E-state index contributed by atoms with van der Waals surface area (Å²) in [4.78, 5) is 23.9. The molecule has 1 rings (SSSR count). The maximum Gasteiger partial charge on any atom is 0.311 e. The van der Waals surface area contributed by atoms with Gasteiger partial charge < -0.3 is 11.5 Å². The molecule has 0 bridgehead atoms. The summed E-state index contributed by atoms with van der Waals surface area (Å²) in [6, 6.07) is 1.21. The second kappa shape index (κ2) is 4.18. The van der Waals surface area contributed by atoms with Crippen LogP contribution < -0.4 is 11.5 Å². The van der Waals surface area contributed by atoms with E-state index < -0.39 is 10.8 Å². The number of pyridine rings is 1. The number of primary amides is 1. The van der Waals surface area contributed by atoms with Crippen molar-refractivity contribution in [1.29, 1.82) is 0 Å². The lowest BCUT2D eigenvalue weighted by Gasteiger charge is -1.97. The Hall–Kier alpha value is -2.44. The van der Waals surface area contributed by atoms with E-state index in [2.05, 4.69) is 4.98 Å². The molecule has 0 saturated heterocycles. The molecule has 0 spiro atoms. The van der Waals surface area contributed by atoms with Gasteiger partial charge in [0, 0.05) is 18.3 Å². The number of anilines is 1. The Bertz CT molecular complexity index is 442. The quantitative estimate of drug-likeness (QED) is 0.413. The van der Waals surface area contributed by atoms with Crippen LogP contribution in [-0.4, -0.2) is 15.8 Å². The van der Waals surface area contributed by atoms with Gasteiger partial charge in [0.25, 0.3) is 0 Å². The molecule has 0 aliphatic heterocycles. The Balaban J connectivity index is 3.08. The molecule has 0 aromatic carbocycles. The lowest BCUT2D eigenvalue weighted by Crippen LogP contribution is -2.05. The molecule has 0 saturated carbocycles. The normalized spacial score (nSPS) is 10.4. The van der Waals surface area contributed by atoms with Crippen LogP contribution in [0.2, 0.25) is 0 Å². The minimum Gasteiger partial charge on any atom is -0.378 e. The van der Waals surface area contributed by atoms with E-state index in [0.29, 0.717) is 5.56 Å². The van der Waals surface area contributed by atoms with Gasteiger partial charge in [-0.15, -0.1) is 0 Å². The van der Waals surface area contributed by atoms with E-state index in [-0.39, 0.29) is 11.5 Å². The lowest BCUT2D eigenvalue weighted by molar-refractivity contribution is -0.384. The standard InChI is InChI=1S/C8H8N4O3/c9-7(13)2-1-5-3-6(12(14)15)8(10)11-4-5/h1-4H,(H2,9,13)(H2,10,11). The van der Waals surface area contributed by atoms with Crippen LogP contribution in [0.25, 0.3) is 6.08 Å². The molecule has 15 heavy (non-hydrogen) atoms. The van der Waals surface area contributed by atoms with Gasteiger partial charge in [0.15, 0.2) is 0 Å². The molecule has 7 nitrogen and oxygen atoms in total. The number of rotatable bonds is 3. The molecule has 0 radical (unpaired) electrons. The van der Waals surface area contributed by atoms with Crippen molar-refractivity contribution in [3.8, 4) is 0 Å². The van der Waals surface area contributed by atoms with Crippen LogP contribution in [0.5, 0.6) is 0 Å². The Morgan fingerprint density at radius 3 is 2.80 bits per heavy atom. The molecule has 1 amide bonds. The highest BCUT2D eigenvalue weighted by Crippen LogP contribution is 2.19. The fraction of sp³-hybridized carbons (Fsp3) is 0. The van der Waals surface area contributed by atoms with Crippen LogP contribution in [-0.2, 0) is 4.79 Å². The smallest absolute Gasteiger partial charge is 0.311 e. The van der Waals surface area contributed by atoms with E-state index in [1.165, 1.54) is 18.3 Å². The number of nitrogen functional groups attached to an aromatic ring is 1. The summed E-state index contributed by atoms with van der Waals surface area (Å²) in [6.45, 7) is 0. The first-order valence-electron chi connectivity index (χ1n) is 3.88. The molecule has 0 aliphatic rings. The molecule has 0 unspecified atom stereocenters. The van der Waals surface area contributed by atoms with Gasteiger partial charge in [-0.1, -0.05) is 0 Å². The second-order valence-corrected chi connectivity index (χ2v) is 2.67. The van der Waals surface area contributed by atoms with Crippen molar-refractivity contribution in [3.05, 3.63) is 34.0 Å². The molecule has 4 N–H and O–H groups in total. The number of hydrogen-bond acceptors (Lipinski definition) is 5. The molecular weight excluding hydrogens is 200 g/mol. The minimum absolute atomic E-state index is 0.170. The number of carbonyl (C=O) groups is 1. The highest BCUT2D eigenvalue weighted by atomic mass is 16.6. The highest BCUT2D eigenvalue weighted by molar-refractivity contribution is 5.90. The molecule has 0 aliphatic carbocycles. The summed E-state index contributed by atoms with van der Waals surface area (Å²) >= 11 is 0. The molecule has 1 aromatic rings. The predicted molar refractivity (Wildman–Crippen MR) is 53.5 cm³/mol. The summed E-state index contributed by atoms with van der Waals surface area (Å²) in [6.07, 6.45) is 3.71. The Kier molecular flexibility index (Phi) is 2.97. The molecule has 1 aromatic heterocycles. The van der Waals surface area contributed by atoms with Crippen LogP contribution in [0, 0.1) is 10.1 Å². The van der Waals surface area contributed by atoms with Crippen LogP contribution in [0.3, 0.4) is 0 Å². The maximum absolute atomic E-state index is 10.5. The fourth-order valence-electron chi connectivity index (χ4n) is 0.895. The first kappa shape index (κ1) is 10.6. The molecule has 1 heterocycles. The highest BCUT2D eigenvalue weighted by Gasteiger charge is 2.12. The van der Waals surface area contributed by atoms with Crippen molar-refractivity contribution in [1.82, 2.24) is 4.98 Å². The minimum atomic E-state index is -0.649. The molecular formula is C8H8N4O3. The van der Waals surface area contributed by atoms with Crippen molar-refractivity contribution in [3.63, 3.8) is 0 Å². The van der Waals surface area contributed by atoms with E-state index in [0.717, 1.165) is 6.08 Å². The van der Waals surface area contributed by atoms with E-state index in [4.69, 9.17) is 11.5 Å². The summed E-state index contributed by atoms with van der Waals surface area (Å²) < 4.78 is 0. The number of hydrogen-bond donors (Lipinski definition) is 2. The van der Waals surface area contributed by atoms with Gasteiger partial charge in [0.05, 0.1) is 4.92 Å². The number of nitrogens with zero attached hydrogens (tertiary/aromatic N) is 2. The van der Waals surface area contributed by atoms with Crippen molar-refractivity contribution < 1.29 is 9.72 Å². The average Bonchev–Trinajstić information content (AvgIpc) is 2.16. The largest absolute Gasteiger partial charge is 0.378 e. The number of amides is 1. The van der Waals surface area contributed by atoms with Crippen molar-refractivity contribution >= 4 is 23.5 Å². The predicted octanol–water partition coefficient (Wildman–Crippen LogP) is 0.0705. The summed E-state index contributed by atoms with van der Waals surface area (Å²) in [5.74, 6) is -0.814. The first-order valence-corrected chi connectivity index (χ1v) is 3.88. The van der Waals surface area contributed by atoms with Crippen LogP contribution in [0.4, 0.5) is 11.5 Å². The van der Waals surface area contributed by atoms with Gasteiger partial charge in [-0.25, -0.2) is 4.98 Å². The van der Waals surface area contributed by atoms with Crippen LogP contribution in [0.1, 0.15) is 5.56 Å². The van der Waals surface area contributed by atoms with Gasteiger partial charge in [0.1, 0.15) is 0 Å². The third kappa shape index (κ3) is 2.76. The fourth-order valence-corrected chi connectivity index (χ4v) is 0.895. The number of nitro groups is 1. The third-order valence-electron chi connectivity index (χ3n) is 1.56. The van der Waals surface area contributed by atoms with Crippen molar-refractivity contribution in [2.45, 2.75) is 0 Å². The molecule has 0 fully saturated rings. The third-order valence-corrected chi connectivity index (χ3v) is 1.56. The van der Waals surface area contributed by atoms with Crippen molar-refractivity contribution in [2.75, 3.05) is 5.73 Å². The van der Waals surface area contributed by atoms with Crippen molar-refractivity contribution in [2.24, 2.45) is 5.73 Å². The Morgan fingerprint density at radius 1 is 1.60 bits per heavy atom. The van der Waals surface area contributed by atoms with E-state index in [1.54, 1.807) is 0 Å². The zero-order valence-electron chi connectivity index (χ0n) is 7.58. The van der Waals surface area contributed by atoms with Crippen LogP contribution >= 0.6 is 0 Å². The van der Waals surface area contributed by atoms with Gasteiger partial charge in [-0.3, -0.25) is 14.9 Å². The zero-order chi connectivity index (χ0) is 11.4. The first-order chi connectivity index (χ1) is 7.00. The summed E-state index contributed by atoms with van der Waals surface area (Å²) in [5, 5.41) is 10.5. The number of aromatic nitrogens is 1. The monoisotopic (exact) mass is 208 g/mol. The van der Waals surface area contributed by atoms with Gasteiger partial charge in [0.2, 0.25) is 11.7 Å². The molecule has 0 atom stereocenters. The number of nitrogens with two attached hydrogens (primary N) is 2.